The molecule has 0 aromatic heterocycles. The molecule has 100 valence electrons. The summed E-state index contributed by atoms with van der Waals surface area (Å²) in [6, 6.07) is 9.99. The maximum atomic E-state index is 12.0. The Morgan fingerprint density at radius 3 is 2.63 bits per heavy atom. The van der Waals surface area contributed by atoms with Crippen LogP contribution < -0.4 is 10.6 Å². The molecular formula is C15H18N2O2. The lowest BCUT2D eigenvalue weighted by molar-refractivity contribution is -0.125. The number of carbonyl (C=O) groups excluding carboxylic acids is 2. The largest absolute Gasteiger partial charge is 0.353 e. The molecule has 0 spiro atoms. The molecule has 4 heteroatoms. The summed E-state index contributed by atoms with van der Waals surface area (Å²) in [5.41, 5.74) is 1.42. The van der Waals surface area contributed by atoms with Gasteiger partial charge in [-0.1, -0.05) is 30.3 Å². The minimum atomic E-state index is -0.334. The highest BCUT2D eigenvalue weighted by atomic mass is 16.2. The maximum absolute atomic E-state index is 12.0. The summed E-state index contributed by atoms with van der Waals surface area (Å²) in [4.78, 5) is 23.1. The van der Waals surface area contributed by atoms with E-state index in [1.807, 2.05) is 18.2 Å². The quantitative estimate of drug-likeness (QED) is 0.850. The Morgan fingerprint density at radius 2 is 2.05 bits per heavy atom. The van der Waals surface area contributed by atoms with E-state index in [0.717, 1.165) is 12.8 Å². The van der Waals surface area contributed by atoms with Crippen molar-refractivity contribution in [2.24, 2.45) is 0 Å². The van der Waals surface area contributed by atoms with E-state index in [0.29, 0.717) is 19.4 Å². The molecule has 19 heavy (non-hydrogen) atoms. The van der Waals surface area contributed by atoms with Crippen molar-refractivity contribution in [3.05, 3.63) is 35.9 Å². The highest BCUT2D eigenvalue weighted by Gasteiger charge is 2.44. The predicted octanol–water partition coefficient (Wildman–Crippen LogP) is 1.11. The first-order valence-corrected chi connectivity index (χ1v) is 6.82. The van der Waals surface area contributed by atoms with Gasteiger partial charge in [-0.2, -0.15) is 0 Å². The van der Waals surface area contributed by atoms with Crippen LogP contribution in [0.25, 0.3) is 0 Å². The average Bonchev–Trinajstić information content (AvgIpc) is 3.12. The van der Waals surface area contributed by atoms with Crippen LogP contribution in [0.3, 0.4) is 0 Å². The third-order valence-corrected chi connectivity index (χ3v) is 4.15. The molecule has 3 rings (SSSR count). The van der Waals surface area contributed by atoms with E-state index < -0.39 is 0 Å². The lowest BCUT2D eigenvalue weighted by atomic mass is 9.96. The molecule has 0 radical (unpaired) electrons. The van der Waals surface area contributed by atoms with Gasteiger partial charge in [-0.25, -0.2) is 0 Å². The Morgan fingerprint density at radius 1 is 1.32 bits per heavy atom. The van der Waals surface area contributed by atoms with E-state index in [4.69, 9.17) is 0 Å². The van der Waals surface area contributed by atoms with Gasteiger partial charge in [-0.15, -0.1) is 0 Å². The molecule has 1 heterocycles. The highest BCUT2D eigenvalue weighted by molar-refractivity contribution is 5.90. The van der Waals surface area contributed by atoms with Crippen molar-refractivity contribution < 1.29 is 9.59 Å². The zero-order chi connectivity index (χ0) is 13.3. The number of rotatable bonds is 4. The number of amides is 2. The average molecular weight is 258 g/mol. The van der Waals surface area contributed by atoms with E-state index in [9.17, 15) is 9.59 Å². The van der Waals surface area contributed by atoms with Gasteiger partial charge < -0.3 is 10.6 Å². The van der Waals surface area contributed by atoms with Crippen molar-refractivity contribution in [1.82, 2.24) is 10.6 Å². The molecule has 1 saturated carbocycles. The monoisotopic (exact) mass is 258 g/mol. The molecule has 1 aromatic rings. The van der Waals surface area contributed by atoms with Gasteiger partial charge in [0.05, 0.1) is 0 Å². The number of carbonyl (C=O) groups is 2. The fraction of sp³-hybridized carbons (Fsp3) is 0.467. The van der Waals surface area contributed by atoms with Crippen LogP contribution in [-0.2, 0) is 15.0 Å². The molecule has 1 unspecified atom stereocenters. The van der Waals surface area contributed by atoms with Crippen LogP contribution in [0.1, 0.15) is 31.2 Å². The maximum Gasteiger partial charge on any atom is 0.242 e. The zero-order valence-electron chi connectivity index (χ0n) is 10.8. The molecule has 2 N–H and O–H groups in total. The predicted molar refractivity (Wildman–Crippen MR) is 71.5 cm³/mol. The molecule has 1 saturated heterocycles. The summed E-state index contributed by atoms with van der Waals surface area (Å²) >= 11 is 0. The molecule has 1 aromatic carbocycles. The summed E-state index contributed by atoms with van der Waals surface area (Å²) in [7, 11) is 0. The van der Waals surface area contributed by atoms with Crippen molar-refractivity contribution in [2.75, 3.05) is 6.54 Å². The van der Waals surface area contributed by atoms with Crippen LogP contribution in [0, 0.1) is 0 Å². The van der Waals surface area contributed by atoms with Gasteiger partial charge in [0.25, 0.3) is 0 Å². The second kappa shape index (κ2) is 4.68. The van der Waals surface area contributed by atoms with E-state index in [1.165, 1.54) is 5.56 Å². The normalized spacial score (nSPS) is 23.8. The van der Waals surface area contributed by atoms with Crippen LogP contribution in [0.4, 0.5) is 0 Å². The SMILES string of the molecule is O=C1CCC(C(=O)NCC2(c3ccccc3)CC2)N1. The summed E-state index contributed by atoms with van der Waals surface area (Å²) < 4.78 is 0. The van der Waals surface area contributed by atoms with Crippen molar-refractivity contribution in [3.63, 3.8) is 0 Å². The lowest BCUT2D eigenvalue weighted by Crippen LogP contribution is -2.44. The fourth-order valence-corrected chi connectivity index (χ4v) is 2.70. The zero-order valence-corrected chi connectivity index (χ0v) is 10.8. The third-order valence-electron chi connectivity index (χ3n) is 4.15. The number of hydrogen-bond acceptors (Lipinski definition) is 2. The molecule has 2 amide bonds. The fourth-order valence-electron chi connectivity index (χ4n) is 2.70. The van der Waals surface area contributed by atoms with Crippen LogP contribution in [0.5, 0.6) is 0 Å². The summed E-state index contributed by atoms with van der Waals surface area (Å²) in [6.07, 6.45) is 3.31. The molecule has 4 nitrogen and oxygen atoms in total. The Hall–Kier alpha value is -1.84. The molecule has 2 fully saturated rings. The van der Waals surface area contributed by atoms with Gasteiger partial charge in [-0.3, -0.25) is 9.59 Å². The Kier molecular flexibility index (Phi) is 3.01. The standard InChI is InChI=1S/C15H18N2O2/c18-13-7-6-12(17-13)14(19)16-10-15(8-9-15)11-4-2-1-3-5-11/h1-5,12H,6-10H2,(H,16,19)(H,17,18). The van der Waals surface area contributed by atoms with Crippen LogP contribution >= 0.6 is 0 Å². The number of nitrogens with one attached hydrogen (secondary N) is 2. The van der Waals surface area contributed by atoms with Crippen molar-refractivity contribution in [1.29, 1.82) is 0 Å². The van der Waals surface area contributed by atoms with Gasteiger partial charge >= 0.3 is 0 Å². The smallest absolute Gasteiger partial charge is 0.242 e. The minimum absolute atomic E-state index is 0.0238. The summed E-state index contributed by atoms with van der Waals surface area (Å²) in [6.45, 7) is 0.669. The third kappa shape index (κ3) is 2.48. The van der Waals surface area contributed by atoms with Gasteiger partial charge in [0, 0.05) is 18.4 Å². The molecule has 1 aliphatic heterocycles. The number of hydrogen-bond donors (Lipinski definition) is 2. The van der Waals surface area contributed by atoms with Gasteiger partial charge in [-0.05, 0) is 24.8 Å². The first kappa shape index (κ1) is 12.2. The minimum Gasteiger partial charge on any atom is -0.353 e. The first-order valence-electron chi connectivity index (χ1n) is 6.82. The second-order valence-electron chi connectivity index (χ2n) is 5.52. The Labute approximate surface area is 112 Å². The van der Waals surface area contributed by atoms with E-state index in [1.54, 1.807) is 0 Å². The molecule has 0 bridgehead atoms. The molecular weight excluding hydrogens is 240 g/mol. The van der Waals surface area contributed by atoms with E-state index in [2.05, 4.69) is 22.8 Å². The van der Waals surface area contributed by atoms with Crippen LogP contribution in [0.15, 0.2) is 30.3 Å². The van der Waals surface area contributed by atoms with Crippen LogP contribution in [-0.4, -0.2) is 24.4 Å². The summed E-state index contributed by atoms with van der Waals surface area (Å²) in [5, 5.41) is 5.69. The number of benzene rings is 1. The molecule has 1 atom stereocenters. The van der Waals surface area contributed by atoms with Crippen molar-refractivity contribution in [3.8, 4) is 0 Å². The van der Waals surface area contributed by atoms with Crippen LogP contribution in [0.2, 0.25) is 0 Å². The Bertz CT molecular complexity index is 494. The van der Waals surface area contributed by atoms with E-state index >= 15 is 0 Å². The van der Waals surface area contributed by atoms with Gasteiger partial charge in [0.15, 0.2) is 0 Å². The lowest BCUT2D eigenvalue weighted by Gasteiger charge is -2.18. The van der Waals surface area contributed by atoms with Gasteiger partial charge in [0.1, 0.15) is 6.04 Å². The first-order chi connectivity index (χ1) is 9.20. The second-order valence-corrected chi connectivity index (χ2v) is 5.52. The molecule has 1 aliphatic carbocycles. The topological polar surface area (TPSA) is 58.2 Å². The Balaban J connectivity index is 1.58. The highest BCUT2D eigenvalue weighted by Crippen LogP contribution is 2.47. The summed E-state index contributed by atoms with van der Waals surface area (Å²) in [5.74, 6) is -0.0719. The van der Waals surface area contributed by atoms with E-state index in [-0.39, 0.29) is 23.3 Å². The van der Waals surface area contributed by atoms with Crippen molar-refractivity contribution in [2.45, 2.75) is 37.1 Å². The van der Waals surface area contributed by atoms with Gasteiger partial charge in [0.2, 0.25) is 11.8 Å². The molecule has 2 aliphatic rings. The van der Waals surface area contributed by atoms with Crippen molar-refractivity contribution >= 4 is 11.8 Å².